The zero-order valence-electron chi connectivity index (χ0n) is 4.34. The van der Waals surface area contributed by atoms with E-state index in [0.29, 0.717) is 0 Å². The molecule has 0 aromatic rings. The Balaban J connectivity index is 0. The molecule has 0 heterocycles. The minimum atomic E-state index is -1.13. The molecule has 0 aliphatic heterocycles. The van der Waals surface area contributed by atoms with E-state index in [2.05, 4.69) is 12.6 Å². The molecule has 0 saturated heterocycles. The van der Waals surface area contributed by atoms with Gasteiger partial charge in [-0.15, -0.1) is 0 Å². The van der Waals surface area contributed by atoms with Crippen LogP contribution >= 0.6 is 12.6 Å². The van der Waals surface area contributed by atoms with E-state index in [1.54, 1.807) is 0 Å². The predicted molar refractivity (Wildman–Crippen MR) is 23.5 cm³/mol. The number of rotatable bonds is 1. The summed E-state index contributed by atoms with van der Waals surface area (Å²) < 4.78 is 0. The average Bonchev–Trinajstić information content (AvgIpc) is 1.36. The molecule has 0 radical (unpaired) electrons. The monoisotopic (exact) mass is 144 g/mol. The molecule has 0 aliphatic carbocycles. The predicted octanol–water partition coefficient (Wildman–Crippen LogP) is -3.94. The first-order chi connectivity index (χ1) is 2.64. The summed E-state index contributed by atoms with van der Waals surface area (Å²) in [6.45, 7) is 1.44. The smallest absolute Gasteiger partial charge is 0.549 e. The number of carbonyl (C=O) groups excluding carboxylic acids is 1. The van der Waals surface area contributed by atoms with Crippen molar-refractivity contribution in [1.82, 2.24) is 0 Å². The van der Waals surface area contributed by atoms with Gasteiger partial charge in [-0.1, -0.05) is 0 Å². The quantitative estimate of drug-likeness (QED) is 0.301. The Morgan fingerprint density at radius 1 is 1.86 bits per heavy atom. The maximum absolute atomic E-state index is 9.51. The summed E-state index contributed by atoms with van der Waals surface area (Å²) >= 11 is 3.53. The fraction of sp³-hybridized carbons (Fsp3) is 0.667. The number of hydrogen-bond acceptors (Lipinski definition) is 3. The van der Waals surface area contributed by atoms with Gasteiger partial charge in [0.2, 0.25) is 0 Å². The molecular weight excluding hydrogens is 139 g/mol. The van der Waals surface area contributed by atoms with Gasteiger partial charge in [-0.05, 0) is 6.92 Å². The van der Waals surface area contributed by atoms with E-state index >= 15 is 0 Å². The van der Waals surface area contributed by atoms with Gasteiger partial charge in [0, 0.05) is 5.25 Å². The van der Waals surface area contributed by atoms with E-state index in [-0.39, 0.29) is 51.4 Å². The van der Waals surface area contributed by atoms with Gasteiger partial charge in [-0.2, -0.15) is 12.6 Å². The Labute approximate surface area is 90.5 Å². The van der Waals surface area contributed by atoms with Crippen LogP contribution in [-0.4, -0.2) is 11.2 Å². The topological polar surface area (TPSA) is 40.1 Å². The Hall–Kier alpha value is 1.46. The zero-order chi connectivity index (χ0) is 5.15. The average molecular weight is 144 g/mol. The number of carbonyl (C=O) groups is 1. The first-order valence-corrected chi connectivity index (χ1v) is 2.05. The molecule has 36 valence electrons. The molecule has 7 heavy (non-hydrogen) atoms. The van der Waals surface area contributed by atoms with Gasteiger partial charge in [0.1, 0.15) is 0 Å². The van der Waals surface area contributed by atoms with Crippen molar-refractivity contribution in [2.45, 2.75) is 12.2 Å². The molecule has 0 rings (SSSR count). The number of thiol groups is 1. The van der Waals surface area contributed by atoms with Crippen molar-refractivity contribution >= 4 is 18.6 Å². The minimum absolute atomic E-state index is 0. The van der Waals surface area contributed by atoms with Crippen molar-refractivity contribution in [3.63, 3.8) is 0 Å². The fourth-order valence-corrected chi connectivity index (χ4v) is 0. The van der Waals surface area contributed by atoms with Crippen molar-refractivity contribution in [3.05, 3.63) is 0 Å². The Morgan fingerprint density at radius 2 is 2.00 bits per heavy atom. The number of carboxylic acid groups (broad SMARTS) is 1. The van der Waals surface area contributed by atoms with Crippen LogP contribution in [0.15, 0.2) is 0 Å². The summed E-state index contributed by atoms with van der Waals surface area (Å²) in [5.74, 6) is -1.13. The maximum Gasteiger partial charge on any atom is 1.00 e. The summed E-state index contributed by atoms with van der Waals surface area (Å²) in [4.78, 5) is 9.51. The number of carboxylic acids is 1. The van der Waals surface area contributed by atoms with Crippen LogP contribution in [0.4, 0.5) is 0 Å². The van der Waals surface area contributed by atoms with Crippen LogP contribution < -0.4 is 56.5 Å². The Bertz CT molecular complexity index is 64.0. The zero-order valence-corrected chi connectivity index (χ0v) is 8.36. The van der Waals surface area contributed by atoms with Gasteiger partial charge >= 0.3 is 51.4 Å². The number of hydrogen-bond donors (Lipinski definition) is 1. The van der Waals surface area contributed by atoms with Crippen LogP contribution in [0.25, 0.3) is 0 Å². The van der Waals surface area contributed by atoms with Gasteiger partial charge in [0.25, 0.3) is 0 Å². The molecule has 0 aromatic carbocycles. The molecule has 0 bridgehead atoms. The molecule has 0 aliphatic rings. The molecule has 0 spiro atoms. The molecule has 0 aromatic heterocycles. The van der Waals surface area contributed by atoms with Crippen LogP contribution in [0.2, 0.25) is 0 Å². The van der Waals surface area contributed by atoms with Gasteiger partial charge in [-0.25, -0.2) is 0 Å². The summed E-state index contributed by atoms with van der Waals surface area (Å²) in [6.07, 6.45) is 0. The van der Waals surface area contributed by atoms with Crippen molar-refractivity contribution < 1.29 is 61.3 Å². The van der Waals surface area contributed by atoms with E-state index < -0.39 is 11.2 Å². The second-order valence-corrected chi connectivity index (χ2v) is 1.77. The Morgan fingerprint density at radius 3 is 2.00 bits per heavy atom. The van der Waals surface area contributed by atoms with Gasteiger partial charge < -0.3 is 9.90 Å². The molecule has 0 amide bonds. The molecule has 0 N–H and O–H groups in total. The van der Waals surface area contributed by atoms with Gasteiger partial charge in [-0.3, -0.25) is 0 Å². The van der Waals surface area contributed by atoms with E-state index in [1.807, 2.05) is 0 Å². The van der Waals surface area contributed by atoms with E-state index in [4.69, 9.17) is 0 Å². The van der Waals surface area contributed by atoms with E-state index in [9.17, 15) is 9.90 Å². The van der Waals surface area contributed by atoms with Crippen LogP contribution in [-0.2, 0) is 4.79 Å². The first kappa shape index (κ1) is 11.3. The summed E-state index contributed by atoms with van der Waals surface area (Å²) in [5, 5.41) is 8.86. The van der Waals surface area contributed by atoms with Crippen LogP contribution in [0.3, 0.4) is 0 Å². The molecule has 4 heteroatoms. The SMILES string of the molecule is CC(S)C(=O)[O-].[K+]. The molecule has 2 nitrogen and oxygen atoms in total. The van der Waals surface area contributed by atoms with Crippen molar-refractivity contribution in [1.29, 1.82) is 0 Å². The Kier molecular flexibility index (Phi) is 9.01. The normalized spacial score (nSPS) is 11.7. The van der Waals surface area contributed by atoms with Gasteiger partial charge in [0.05, 0.1) is 5.97 Å². The molecular formula is C3H5KO2S. The first-order valence-electron chi connectivity index (χ1n) is 1.53. The van der Waals surface area contributed by atoms with Crippen LogP contribution in [0, 0.1) is 0 Å². The summed E-state index contributed by atoms with van der Waals surface area (Å²) in [7, 11) is 0. The van der Waals surface area contributed by atoms with Crippen LogP contribution in [0.5, 0.6) is 0 Å². The third-order valence-electron chi connectivity index (χ3n) is 0.341. The third kappa shape index (κ3) is 7.46. The van der Waals surface area contributed by atoms with Crippen LogP contribution in [0.1, 0.15) is 6.92 Å². The second-order valence-electron chi connectivity index (χ2n) is 0.995. The molecule has 1 atom stereocenters. The standard InChI is InChI=1S/C3H6O2S.K/c1-2(6)3(4)5;/h2,6H,1H3,(H,4,5);/q;+1/p-1. The van der Waals surface area contributed by atoms with Crippen molar-refractivity contribution in [2.75, 3.05) is 0 Å². The maximum atomic E-state index is 9.51. The van der Waals surface area contributed by atoms with Gasteiger partial charge in [0.15, 0.2) is 0 Å². The minimum Gasteiger partial charge on any atom is -0.549 e. The molecule has 1 unspecified atom stereocenters. The largest absolute Gasteiger partial charge is 1.00 e. The molecule has 0 saturated carbocycles. The summed E-state index contributed by atoms with van der Waals surface area (Å²) in [5.41, 5.74) is 0. The van der Waals surface area contributed by atoms with Crippen molar-refractivity contribution in [3.8, 4) is 0 Å². The van der Waals surface area contributed by atoms with E-state index in [1.165, 1.54) is 6.92 Å². The fourth-order valence-electron chi connectivity index (χ4n) is 0. The second kappa shape index (κ2) is 5.59. The third-order valence-corrected chi connectivity index (χ3v) is 0.552. The van der Waals surface area contributed by atoms with Crippen molar-refractivity contribution in [2.24, 2.45) is 0 Å². The molecule has 0 fully saturated rings. The summed E-state index contributed by atoms with van der Waals surface area (Å²) in [6, 6.07) is 0. The number of aliphatic carboxylic acids is 1. The van der Waals surface area contributed by atoms with E-state index in [0.717, 1.165) is 0 Å².